The van der Waals surface area contributed by atoms with Gasteiger partial charge in [0.15, 0.2) is 5.17 Å². The number of rotatable bonds is 4. The van der Waals surface area contributed by atoms with Crippen LogP contribution in [-0.2, 0) is 4.79 Å². The molecule has 1 aromatic rings. The van der Waals surface area contributed by atoms with E-state index in [1.807, 2.05) is 0 Å². The molecule has 1 aliphatic heterocycles. The highest BCUT2D eigenvalue weighted by atomic mass is 35.5. The zero-order chi connectivity index (χ0) is 19.2. The summed E-state index contributed by atoms with van der Waals surface area (Å²) in [5.74, 6) is -1.50. The summed E-state index contributed by atoms with van der Waals surface area (Å²) in [6.45, 7) is 0.0870. The summed E-state index contributed by atoms with van der Waals surface area (Å²) in [6.07, 6.45) is 8.22. The number of nitrogens with one attached hydrogen (secondary N) is 2. The van der Waals surface area contributed by atoms with E-state index in [-0.39, 0.29) is 29.1 Å². The molecular formula is C19H23ClFN3O2S. The lowest BCUT2D eigenvalue weighted by atomic mass is 9.97. The summed E-state index contributed by atoms with van der Waals surface area (Å²) in [6, 6.07) is 4.32. The first kappa shape index (κ1) is 20.1. The van der Waals surface area contributed by atoms with Gasteiger partial charge in [-0.1, -0.05) is 61.5 Å². The third-order valence-corrected chi connectivity index (χ3v) is 6.20. The third-order valence-electron chi connectivity index (χ3n) is 4.79. The molecule has 1 heterocycles. The number of hydrogen-bond donors (Lipinski definition) is 2. The molecule has 8 heteroatoms. The number of amides is 2. The molecule has 2 fully saturated rings. The topological polar surface area (TPSA) is 70.6 Å². The van der Waals surface area contributed by atoms with E-state index >= 15 is 0 Å². The molecule has 1 atom stereocenters. The van der Waals surface area contributed by atoms with Gasteiger partial charge in [0.2, 0.25) is 5.91 Å². The van der Waals surface area contributed by atoms with E-state index in [1.165, 1.54) is 62.1 Å². The number of aliphatic imine (C=N–C) groups is 1. The molecule has 146 valence electrons. The number of benzene rings is 1. The van der Waals surface area contributed by atoms with Gasteiger partial charge in [0.1, 0.15) is 11.1 Å². The van der Waals surface area contributed by atoms with Crippen LogP contribution in [0, 0.1) is 5.82 Å². The smallest absolute Gasteiger partial charge is 0.255 e. The van der Waals surface area contributed by atoms with E-state index in [1.54, 1.807) is 0 Å². The molecule has 1 saturated heterocycles. The minimum atomic E-state index is -0.685. The van der Waals surface area contributed by atoms with Crippen molar-refractivity contribution in [1.29, 1.82) is 0 Å². The minimum absolute atomic E-state index is 0.0440. The lowest BCUT2D eigenvalue weighted by molar-refractivity contribution is -0.118. The van der Waals surface area contributed by atoms with Crippen molar-refractivity contribution in [1.82, 2.24) is 10.6 Å². The van der Waals surface area contributed by atoms with E-state index < -0.39 is 17.0 Å². The molecule has 2 aliphatic rings. The van der Waals surface area contributed by atoms with E-state index in [2.05, 4.69) is 10.6 Å². The Balaban J connectivity index is 1.56. The van der Waals surface area contributed by atoms with Crippen LogP contribution in [0.5, 0.6) is 0 Å². The Hall–Kier alpha value is -1.60. The lowest BCUT2D eigenvalue weighted by Gasteiger charge is -2.16. The Kier molecular flexibility index (Phi) is 7.13. The molecule has 1 saturated carbocycles. The van der Waals surface area contributed by atoms with Gasteiger partial charge in [-0.25, -0.2) is 4.39 Å². The standard InChI is InChI=1S/C19H23ClFN3O2S/c20-13-9-6-10-14(21)16(13)18(26)22-11-15-17(25)24-19(27-15)23-12-7-4-2-1-3-5-8-12/h6,9-10,12,15H,1-5,7-8,11H2,(H,22,26)(H,23,24,25). The minimum Gasteiger partial charge on any atom is -0.350 e. The number of thioether (sulfide) groups is 1. The summed E-state index contributed by atoms with van der Waals surface area (Å²) in [5.41, 5.74) is -0.203. The van der Waals surface area contributed by atoms with Crippen LogP contribution in [0.25, 0.3) is 0 Å². The van der Waals surface area contributed by atoms with Gasteiger partial charge < -0.3 is 10.6 Å². The quantitative estimate of drug-likeness (QED) is 0.789. The zero-order valence-electron chi connectivity index (χ0n) is 15.0. The van der Waals surface area contributed by atoms with Crippen molar-refractivity contribution in [2.75, 3.05) is 6.54 Å². The van der Waals surface area contributed by atoms with Gasteiger partial charge in [0, 0.05) is 6.54 Å². The van der Waals surface area contributed by atoms with Crippen LogP contribution in [0.1, 0.15) is 55.3 Å². The van der Waals surface area contributed by atoms with E-state index in [0.717, 1.165) is 12.8 Å². The Bertz CT molecular complexity index is 715. The number of nitrogens with zero attached hydrogens (tertiary/aromatic N) is 1. The van der Waals surface area contributed by atoms with Crippen LogP contribution in [0.15, 0.2) is 23.2 Å². The van der Waals surface area contributed by atoms with Crippen molar-refractivity contribution in [2.24, 2.45) is 4.99 Å². The largest absolute Gasteiger partial charge is 0.350 e. The van der Waals surface area contributed by atoms with Crippen LogP contribution in [0.2, 0.25) is 5.02 Å². The average molecular weight is 412 g/mol. The Morgan fingerprint density at radius 3 is 2.67 bits per heavy atom. The van der Waals surface area contributed by atoms with Crippen LogP contribution in [-0.4, -0.2) is 34.8 Å². The predicted octanol–water partition coefficient (Wildman–Crippen LogP) is 3.91. The molecule has 0 aromatic heterocycles. The Morgan fingerprint density at radius 2 is 1.96 bits per heavy atom. The highest BCUT2D eigenvalue weighted by molar-refractivity contribution is 8.15. The first-order valence-corrected chi connectivity index (χ1v) is 10.6. The first-order chi connectivity index (χ1) is 13.0. The summed E-state index contributed by atoms with van der Waals surface area (Å²) in [5, 5.41) is 5.57. The van der Waals surface area contributed by atoms with E-state index in [4.69, 9.17) is 16.6 Å². The second-order valence-electron chi connectivity index (χ2n) is 6.84. The highest BCUT2D eigenvalue weighted by Crippen LogP contribution is 2.24. The molecule has 27 heavy (non-hydrogen) atoms. The van der Waals surface area contributed by atoms with Crippen LogP contribution in [0.3, 0.4) is 0 Å². The summed E-state index contributed by atoms with van der Waals surface area (Å²) < 4.78 is 13.8. The number of carbonyl (C=O) groups excluding carboxylic acids is 2. The fourth-order valence-corrected chi connectivity index (χ4v) is 4.54. The normalized spacial score (nSPS) is 23.0. The van der Waals surface area contributed by atoms with Gasteiger partial charge >= 0.3 is 0 Å². The molecule has 1 unspecified atom stereocenters. The van der Waals surface area contributed by atoms with Crippen molar-refractivity contribution < 1.29 is 14.0 Å². The Labute approximate surface area is 167 Å². The number of halogens is 2. The number of hydrogen-bond acceptors (Lipinski definition) is 4. The molecule has 0 spiro atoms. The summed E-state index contributed by atoms with van der Waals surface area (Å²) in [7, 11) is 0. The number of amidine groups is 1. The molecule has 0 bridgehead atoms. The molecule has 2 N–H and O–H groups in total. The molecule has 0 radical (unpaired) electrons. The van der Waals surface area contributed by atoms with Crippen LogP contribution in [0.4, 0.5) is 4.39 Å². The van der Waals surface area contributed by atoms with Crippen molar-refractivity contribution in [3.05, 3.63) is 34.6 Å². The van der Waals surface area contributed by atoms with Gasteiger partial charge in [0.05, 0.1) is 16.6 Å². The summed E-state index contributed by atoms with van der Waals surface area (Å²) in [4.78, 5) is 29.1. The highest BCUT2D eigenvalue weighted by Gasteiger charge is 2.31. The molecule has 3 rings (SSSR count). The Morgan fingerprint density at radius 1 is 1.26 bits per heavy atom. The fraction of sp³-hybridized carbons (Fsp3) is 0.526. The van der Waals surface area contributed by atoms with Crippen LogP contribution < -0.4 is 10.6 Å². The monoisotopic (exact) mass is 411 g/mol. The molecule has 5 nitrogen and oxygen atoms in total. The second kappa shape index (κ2) is 9.55. The SMILES string of the molecule is O=C(NCC1SC(=NC2CCCCCCC2)NC1=O)c1c(F)cccc1Cl. The maximum Gasteiger partial charge on any atom is 0.255 e. The lowest BCUT2D eigenvalue weighted by Crippen LogP contribution is -2.36. The average Bonchev–Trinajstić information content (AvgIpc) is 2.94. The maximum absolute atomic E-state index is 13.8. The molecule has 1 aliphatic carbocycles. The predicted molar refractivity (Wildman–Crippen MR) is 107 cm³/mol. The maximum atomic E-state index is 13.8. The second-order valence-corrected chi connectivity index (χ2v) is 8.43. The van der Waals surface area contributed by atoms with Crippen molar-refractivity contribution in [2.45, 2.75) is 56.2 Å². The molecule has 2 amide bonds. The molecule has 1 aromatic carbocycles. The molecular weight excluding hydrogens is 389 g/mol. The van der Waals surface area contributed by atoms with Crippen LogP contribution >= 0.6 is 23.4 Å². The van der Waals surface area contributed by atoms with Gasteiger partial charge in [-0.2, -0.15) is 0 Å². The van der Waals surface area contributed by atoms with Crippen molar-refractivity contribution in [3.63, 3.8) is 0 Å². The van der Waals surface area contributed by atoms with Gasteiger partial charge in [-0.15, -0.1) is 0 Å². The van der Waals surface area contributed by atoms with Gasteiger partial charge in [-0.05, 0) is 25.0 Å². The first-order valence-electron chi connectivity index (χ1n) is 9.32. The zero-order valence-corrected chi connectivity index (χ0v) is 16.5. The van der Waals surface area contributed by atoms with Gasteiger partial charge in [0.25, 0.3) is 5.91 Å². The van der Waals surface area contributed by atoms with Crippen molar-refractivity contribution >= 4 is 40.3 Å². The van der Waals surface area contributed by atoms with Gasteiger partial charge in [-0.3, -0.25) is 14.6 Å². The fourth-order valence-electron chi connectivity index (χ4n) is 3.32. The number of carbonyl (C=O) groups is 2. The third kappa shape index (κ3) is 5.45. The van der Waals surface area contributed by atoms with Crippen molar-refractivity contribution in [3.8, 4) is 0 Å². The summed E-state index contributed by atoms with van der Waals surface area (Å²) >= 11 is 7.22. The van der Waals surface area contributed by atoms with E-state index in [0.29, 0.717) is 5.17 Å². The van der Waals surface area contributed by atoms with E-state index in [9.17, 15) is 14.0 Å².